The van der Waals surface area contributed by atoms with Gasteiger partial charge in [0.25, 0.3) is 5.91 Å². The van der Waals surface area contributed by atoms with Gasteiger partial charge in [-0.15, -0.1) is 0 Å². The Morgan fingerprint density at radius 2 is 1.75 bits per heavy atom. The van der Waals surface area contributed by atoms with Gasteiger partial charge in [0.05, 0.1) is 23.9 Å². The third-order valence-electron chi connectivity index (χ3n) is 3.21. The standard InChI is InChI=1S/C18H20INO4/c1-4-23-16-11-12(10-15(19)17(16)24-5-2)18(21)20-13-6-8-14(22-3)9-7-13/h6-11H,4-5H2,1-3H3,(H,20,21). The van der Waals surface area contributed by atoms with Crippen LogP contribution in [0.1, 0.15) is 24.2 Å². The lowest BCUT2D eigenvalue weighted by Gasteiger charge is -2.14. The second-order valence-electron chi connectivity index (χ2n) is 4.83. The zero-order valence-electron chi connectivity index (χ0n) is 13.9. The van der Waals surface area contributed by atoms with Crippen LogP contribution in [-0.2, 0) is 0 Å². The lowest BCUT2D eigenvalue weighted by atomic mass is 10.1. The van der Waals surface area contributed by atoms with Crippen molar-refractivity contribution in [2.24, 2.45) is 0 Å². The number of hydrogen-bond donors (Lipinski definition) is 1. The van der Waals surface area contributed by atoms with Gasteiger partial charge in [-0.3, -0.25) is 4.79 Å². The number of anilines is 1. The molecule has 0 atom stereocenters. The molecule has 0 radical (unpaired) electrons. The van der Waals surface area contributed by atoms with Gasteiger partial charge in [0, 0.05) is 11.3 Å². The van der Waals surface area contributed by atoms with Gasteiger partial charge >= 0.3 is 0 Å². The number of amides is 1. The highest BCUT2D eigenvalue weighted by Crippen LogP contribution is 2.34. The van der Waals surface area contributed by atoms with E-state index in [1.165, 1.54) is 0 Å². The first-order chi connectivity index (χ1) is 11.6. The number of halogens is 1. The van der Waals surface area contributed by atoms with Crippen LogP contribution in [0.2, 0.25) is 0 Å². The van der Waals surface area contributed by atoms with Crippen LogP contribution >= 0.6 is 22.6 Å². The van der Waals surface area contributed by atoms with Crippen LogP contribution in [0.15, 0.2) is 36.4 Å². The van der Waals surface area contributed by atoms with Crippen LogP contribution in [-0.4, -0.2) is 26.2 Å². The summed E-state index contributed by atoms with van der Waals surface area (Å²) in [6, 6.07) is 10.7. The Kier molecular flexibility index (Phi) is 6.72. The van der Waals surface area contributed by atoms with Crippen LogP contribution in [0.4, 0.5) is 5.69 Å². The van der Waals surface area contributed by atoms with Crippen LogP contribution in [0.25, 0.3) is 0 Å². The molecule has 0 saturated carbocycles. The van der Waals surface area contributed by atoms with Crippen molar-refractivity contribution in [1.29, 1.82) is 0 Å². The number of carbonyl (C=O) groups is 1. The van der Waals surface area contributed by atoms with Crippen molar-refractivity contribution in [2.75, 3.05) is 25.6 Å². The minimum absolute atomic E-state index is 0.206. The van der Waals surface area contributed by atoms with Crippen molar-refractivity contribution in [3.63, 3.8) is 0 Å². The highest BCUT2D eigenvalue weighted by molar-refractivity contribution is 14.1. The van der Waals surface area contributed by atoms with E-state index in [9.17, 15) is 4.79 Å². The maximum atomic E-state index is 12.5. The van der Waals surface area contributed by atoms with Gasteiger partial charge in [-0.1, -0.05) is 0 Å². The van der Waals surface area contributed by atoms with E-state index in [2.05, 4.69) is 27.9 Å². The van der Waals surface area contributed by atoms with Gasteiger partial charge < -0.3 is 19.5 Å². The SMILES string of the molecule is CCOc1cc(C(=O)Nc2ccc(OC)cc2)cc(I)c1OCC. The van der Waals surface area contributed by atoms with Gasteiger partial charge in [0.15, 0.2) is 11.5 Å². The molecule has 0 aliphatic carbocycles. The van der Waals surface area contributed by atoms with Crippen molar-refractivity contribution in [3.8, 4) is 17.2 Å². The molecule has 5 nitrogen and oxygen atoms in total. The fourth-order valence-electron chi connectivity index (χ4n) is 2.12. The zero-order chi connectivity index (χ0) is 17.5. The van der Waals surface area contributed by atoms with E-state index in [4.69, 9.17) is 14.2 Å². The number of hydrogen-bond acceptors (Lipinski definition) is 4. The second-order valence-corrected chi connectivity index (χ2v) is 6.00. The Morgan fingerprint density at radius 3 is 2.33 bits per heavy atom. The van der Waals surface area contributed by atoms with Crippen molar-refractivity contribution < 1.29 is 19.0 Å². The van der Waals surface area contributed by atoms with Crippen molar-refractivity contribution in [3.05, 3.63) is 45.5 Å². The molecule has 1 amide bonds. The van der Waals surface area contributed by atoms with Gasteiger partial charge in [0.2, 0.25) is 0 Å². The number of rotatable bonds is 7. The first kappa shape index (κ1) is 18.4. The molecule has 0 saturated heterocycles. The van der Waals surface area contributed by atoms with Crippen LogP contribution in [0.3, 0.4) is 0 Å². The molecule has 0 aliphatic heterocycles. The quantitative estimate of drug-likeness (QED) is 0.650. The van der Waals surface area contributed by atoms with E-state index in [1.54, 1.807) is 43.5 Å². The molecule has 0 spiro atoms. The molecule has 2 rings (SSSR count). The Morgan fingerprint density at radius 1 is 1.08 bits per heavy atom. The van der Waals surface area contributed by atoms with Crippen LogP contribution < -0.4 is 19.5 Å². The molecule has 0 heterocycles. The smallest absolute Gasteiger partial charge is 0.255 e. The summed E-state index contributed by atoms with van der Waals surface area (Å²) < 4.78 is 17.2. The maximum Gasteiger partial charge on any atom is 0.255 e. The number of benzene rings is 2. The number of methoxy groups -OCH3 is 1. The minimum Gasteiger partial charge on any atom is -0.497 e. The van der Waals surface area contributed by atoms with E-state index in [0.29, 0.717) is 36.0 Å². The fraction of sp³-hybridized carbons (Fsp3) is 0.278. The zero-order valence-corrected chi connectivity index (χ0v) is 16.0. The molecule has 128 valence electrons. The van der Waals surface area contributed by atoms with Crippen molar-refractivity contribution in [1.82, 2.24) is 0 Å². The lowest BCUT2D eigenvalue weighted by Crippen LogP contribution is -2.13. The van der Waals surface area contributed by atoms with E-state index in [0.717, 1.165) is 9.32 Å². The normalized spacial score (nSPS) is 10.2. The summed E-state index contributed by atoms with van der Waals surface area (Å²) in [5.41, 5.74) is 1.21. The van der Waals surface area contributed by atoms with E-state index in [1.807, 2.05) is 13.8 Å². The first-order valence-corrected chi connectivity index (χ1v) is 8.71. The molecule has 2 aromatic carbocycles. The summed E-state index contributed by atoms with van der Waals surface area (Å²) in [6.07, 6.45) is 0. The highest BCUT2D eigenvalue weighted by Gasteiger charge is 2.16. The predicted molar refractivity (Wildman–Crippen MR) is 102 cm³/mol. The van der Waals surface area contributed by atoms with E-state index in [-0.39, 0.29) is 5.91 Å². The molecular formula is C18H20INO4. The van der Waals surface area contributed by atoms with Crippen LogP contribution in [0, 0.1) is 3.57 Å². The molecule has 0 unspecified atom stereocenters. The summed E-state index contributed by atoms with van der Waals surface area (Å²) >= 11 is 2.15. The third-order valence-corrected chi connectivity index (χ3v) is 4.01. The summed E-state index contributed by atoms with van der Waals surface area (Å²) in [7, 11) is 1.60. The molecule has 6 heteroatoms. The second kappa shape index (κ2) is 8.77. The molecule has 0 aromatic heterocycles. The molecule has 0 fully saturated rings. The van der Waals surface area contributed by atoms with Crippen molar-refractivity contribution in [2.45, 2.75) is 13.8 Å². The third kappa shape index (κ3) is 4.53. The van der Waals surface area contributed by atoms with Gasteiger partial charge in [-0.05, 0) is 72.8 Å². The largest absolute Gasteiger partial charge is 0.497 e. The Bertz CT molecular complexity index is 701. The number of nitrogens with one attached hydrogen (secondary N) is 1. The summed E-state index contributed by atoms with van der Waals surface area (Å²) in [5, 5.41) is 2.86. The summed E-state index contributed by atoms with van der Waals surface area (Å²) in [5.74, 6) is 1.77. The Hall–Kier alpha value is -1.96. The average Bonchev–Trinajstić information content (AvgIpc) is 2.58. The number of carbonyl (C=O) groups excluding carboxylic acids is 1. The average molecular weight is 441 g/mol. The fourth-order valence-corrected chi connectivity index (χ4v) is 2.88. The Labute approximate surface area is 155 Å². The van der Waals surface area contributed by atoms with Crippen LogP contribution in [0.5, 0.6) is 17.2 Å². The minimum atomic E-state index is -0.206. The molecule has 1 N–H and O–H groups in total. The maximum absolute atomic E-state index is 12.5. The molecule has 0 bridgehead atoms. The highest BCUT2D eigenvalue weighted by atomic mass is 127. The first-order valence-electron chi connectivity index (χ1n) is 7.63. The molecular weight excluding hydrogens is 421 g/mol. The molecule has 2 aromatic rings. The van der Waals surface area contributed by atoms with Crippen molar-refractivity contribution >= 4 is 34.2 Å². The van der Waals surface area contributed by atoms with E-state index < -0.39 is 0 Å². The molecule has 24 heavy (non-hydrogen) atoms. The monoisotopic (exact) mass is 441 g/mol. The van der Waals surface area contributed by atoms with Gasteiger partial charge in [0.1, 0.15) is 5.75 Å². The van der Waals surface area contributed by atoms with Gasteiger partial charge in [-0.25, -0.2) is 0 Å². The summed E-state index contributed by atoms with van der Waals surface area (Å²) in [4.78, 5) is 12.5. The van der Waals surface area contributed by atoms with Gasteiger partial charge in [-0.2, -0.15) is 0 Å². The lowest BCUT2D eigenvalue weighted by molar-refractivity contribution is 0.102. The summed E-state index contributed by atoms with van der Waals surface area (Å²) in [6.45, 7) is 4.84. The van der Waals surface area contributed by atoms with E-state index >= 15 is 0 Å². The topological polar surface area (TPSA) is 56.8 Å². The molecule has 0 aliphatic rings. The Balaban J connectivity index is 2.24. The predicted octanol–water partition coefficient (Wildman–Crippen LogP) is 4.35. The number of ether oxygens (including phenoxy) is 3.